The smallest absolute Gasteiger partial charge is 0.165 e. The van der Waals surface area contributed by atoms with Gasteiger partial charge in [0.25, 0.3) is 0 Å². The van der Waals surface area contributed by atoms with Crippen LogP contribution in [0.5, 0.6) is 0 Å². The molecule has 7 rings (SSSR count). The number of hydrogen-bond donors (Lipinski definition) is 2. The SMILES string of the molecule is CCCC.Nc1ncccc1-c1nc2ccc(-c3ccccc3)nc2n1-c1ccc(CN2C3CCC2CNC3)cc1. The first-order chi connectivity index (χ1) is 20.2. The molecule has 41 heavy (non-hydrogen) atoms. The van der Waals surface area contributed by atoms with E-state index in [1.165, 1.54) is 31.2 Å². The number of nitrogens with two attached hydrogens (primary N) is 1. The minimum absolute atomic E-state index is 0.452. The van der Waals surface area contributed by atoms with Gasteiger partial charge in [-0.1, -0.05) is 69.2 Å². The Labute approximate surface area is 242 Å². The fourth-order valence-electron chi connectivity index (χ4n) is 5.85. The Morgan fingerprint density at radius 1 is 0.829 bits per heavy atom. The molecule has 2 aliphatic heterocycles. The number of nitrogens with zero attached hydrogens (tertiary/aromatic N) is 5. The predicted octanol–water partition coefficient (Wildman–Crippen LogP) is 6.47. The molecule has 5 heterocycles. The Hall–Kier alpha value is -4.07. The number of fused-ring (bicyclic) bond motifs is 3. The van der Waals surface area contributed by atoms with E-state index in [0.717, 1.165) is 59.1 Å². The second-order valence-corrected chi connectivity index (χ2v) is 11.0. The number of anilines is 1. The van der Waals surface area contributed by atoms with Gasteiger partial charge in [-0.2, -0.15) is 0 Å². The Bertz CT molecular complexity index is 1580. The van der Waals surface area contributed by atoms with Gasteiger partial charge in [-0.15, -0.1) is 0 Å². The zero-order valence-corrected chi connectivity index (χ0v) is 24.0. The van der Waals surface area contributed by atoms with Crippen molar-refractivity contribution < 1.29 is 0 Å². The largest absolute Gasteiger partial charge is 0.383 e. The molecule has 2 bridgehead atoms. The topological polar surface area (TPSA) is 84.9 Å². The molecule has 5 aromatic rings. The molecule has 0 aliphatic carbocycles. The molecule has 2 aromatic carbocycles. The molecule has 0 spiro atoms. The van der Waals surface area contributed by atoms with Crippen molar-refractivity contribution in [3.63, 3.8) is 0 Å². The second kappa shape index (κ2) is 12.2. The zero-order chi connectivity index (χ0) is 28.2. The van der Waals surface area contributed by atoms with Crippen molar-refractivity contribution >= 4 is 17.0 Å². The van der Waals surface area contributed by atoms with E-state index in [2.05, 4.69) is 70.0 Å². The van der Waals surface area contributed by atoms with Crippen LogP contribution >= 0.6 is 0 Å². The highest BCUT2D eigenvalue weighted by Gasteiger charge is 2.36. The Morgan fingerprint density at radius 3 is 2.24 bits per heavy atom. The minimum Gasteiger partial charge on any atom is -0.383 e. The highest BCUT2D eigenvalue weighted by Crippen LogP contribution is 2.33. The first-order valence-corrected chi connectivity index (χ1v) is 14.9. The summed E-state index contributed by atoms with van der Waals surface area (Å²) < 4.78 is 2.10. The summed E-state index contributed by atoms with van der Waals surface area (Å²) in [5.41, 5.74) is 13.0. The van der Waals surface area contributed by atoms with Crippen molar-refractivity contribution in [2.45, 2.75) is 58.2 Å². The van der Waals surface area contributed by atoms with E-state index in [0.29, 0.717) is 17.9 Å². The monoisotopic (exact) mass is 545 g/mol. The number of rotatable bonds is 6. The third-order valence-corrected chi connectivity index (χ3v) is 8.24. The number of hydrogen-bond acceptors (Lipinski definition) is 6. The Kier molecular flexibility index (Phi) is 8.07. The molecule has 7 heteroatoms. The van der Waals surface area contributed by atoms with E-state index < -0.39 is 0 Å². The van der Waals surface area contributed by atoms with Gasteiger partial charge in [-0.25, -0.2) is 15.0 Å². The minimum atomic E-state index is 0.452. The number of nitrogen functional groups attached to an aromatic ring is 1. The van der Waals surface area contributed by atoms with E-state index in [4.69, 9.17) is 15.7 Å². The van der Waals surface area contributed by atoms with Crippen LogP contribution in [0.1, 0.15) is 45.1 Å². The maximum atomic E-state index is 6.31. The van der Waals surface area contributed by atoms with Crippen molar-refractivity contribution in [3.05, 3.63) is 90.6 Å². The maximum absolute atomic E-state index is 6.31. The molecule has 0 saturated carbocycles. The molecule has 2 atom stereocenters. The van der Waals surface area contributed by atoms with E-state index >= 15 is 0 Å². The number of unbranched alkanes of at least 4 members (excludes halogenated alkanes) is 1. The fourth-order valence-corrected chi connectivity index (χ4v) is 5.85. The van der Waals surface area contributed by atoms with E-state index in [1.54, 1.807) is 6.20 Å². The van der Waals surface area contributed by atoms with Crippen molar-refractivity contribution in [2.24, 2.45) is 0 Å². The van der Waals surface area contributed by atoms with E-state index in [-0.39, 0.29) is 0 Å². The summed E-state index contributed by atoms with van der Waals surface area (Å²) in [6.45, 7) is 7.54. The summed E-state index contributed by atoms with van der Waals surface area (Å²) in [7, 11) is 0. The molecule has 2 fully saturated rings. The van der Waals surface area contributed by atoms with Crippen LogP contribution in [0.15, 0.2) is 85.1 Å². The number of nitrogens with one attached hydrogen (secondary N) is 1. The van der Waals surface area contributed by atoms with Gasteiger partial charge in [0.15, 0.2) is 11.5 Å². The first kappa shape index (κ1) is 27.1. The summed E-state index contributed by atoms with van der Waals surface area (Å²) in [6.07, 6.45) is 6.93. The quantitative estimate of drug-likeness (QED) is 0.254. The third-order valence-electron chi connectivity index (χ3n) is 8.24. The van der Waals surface area contributed by atoms with Crippen LogP contribution in [0.2, 0.25) is 0 Å². The maximum Gasteiger partial charge on any atom is 0.165 e. The van der Waals surface area contributed by atoms with Crippen molar-refractivity contribution in [1.29, 1.82) is 0 Å². The van der Waals surface area contributed by atoms with Crippen molar-refractivity contribution in [1.82, 2.24) is 29.7 Å². The van der Waals surface area contributed by atoms with Crippen molar-refractivity contribution in [3.8, 4) is 28.3 Å². The molecule has 2 saturated heterocycles. The molecule has 3 N–H and O–H groups in total. The molecule has 2 aliphatic rings. The molecule has 0 amide bonds. The van der Waals surface area contributed by atoms with E-state index in [9.17, 15) is 0 Å². The van der Waals surface area contributed by atoms with Gasteiger partial charge in [0, 0.05) is 49.2 Å². The molecule has 0 radical (unpaired) electrons. The number of imidazole rings is 1. The lowest BCUT2D eigenvalue weighted by Gasteiger charge is -2.35. The molecule has 2 unspecified atom stereocenters. The predicted molar refractivity (Wildman–Crippen MR) is 168 cm³/mol. The van der Waals surface area contributed by atoms with Gasteiger partial charge < -0.3 is 11.1 Å². The van der Waals surface area contributed by atoms with Gasteiger partial charge in [0.1, 0.15) is 11.3 Å². The highest BCUT2D eigenvalue weighted by molar-refractivity contribution is 5.84. The Morgan fingerprint density at radius 2 is 1.56 bits per heavy atom. The molecule has 3 aromatic heterocycles. The number of aromatic nitrogens is 4. The van der Waals surface area contributed by atoms with Crippen LogP contribution in [-0.4, -0.2) is 49.6 Å². The average Bonchev–Trinajstić information content (AvgIpc) is 3.49. The highest BCUT2D eigenvalue weighted by atomic mass is 15.3. The van der Waals surface area contributed by atoms with Crippen LogP contribution in [-0.2, 0) is 6.54 Å². The van der Waals surface area contributed by atoms with Crippen molar-refractivity contribution in [2.75, 3.05) is 18.8 Å². The lowest BCUT2D eigenvalue weighted by atomic mass is 10.1. The van der Waals surface area contributed by atoms with Crippen LogP contribution in [0.4, 0.5) is 5.82 Å². The van der Waals surface area contributed by atoms with Crippen LogP contribution in [0.25, 0.3) is 39.5 Å². The summed E-state index contributed by atoms with van der Waals surface area (Å²) in [5, 5.41) is 3.58. The Balaban J connectivity index is 0.000000712. The van der Waals surface area contributed by atoms with Crippen LogP contribution in [0, 0.1) is 0 Å². The molecular weight excluding hydrogens is 506 g/mol. The van der Waals surface area contributed by atoms with Gasteiger partial charge in [-0.3, -0.25) is 9.47 Å². The number of pyridine rings is 2. The zero-order valence-electron chi connectivity index (χ0n) is 24.0. The van der Waals surface area contributed by atoms with Crippen LogP contribution < -0.4 is 11.1 Å². The number of benzene rings is 2. The average molecular weight is 546 g/mol. The van der Waals surface area contributed by atoms with Gasteiger partial charge in [0.05, 0.1) is 11.3 Å². The third kappa shape index (κ3) is 5.60. The summed E-state index contributed by atoms with van der Waals surface area (Å²) in [5.74, 6) is 1.19. The lowest BCUT2D eigenvalue weighted by molar-refractivity contribution is 0.145. The summed E-state index contributed by atoms with van der Waals surface area (Å²) in [6, 6.07) is 28.3. The summed E-state index contributed by atoms with van der Waals surface area (Å²) in [4.78, 5) is 17.0. The second-order valence-electron chi connectivity index (χ2n) is 11.0. The van der Waals surface area contributed by atoms with Gasteiger partial charge in [0.2, 0.25) is 0 Å². The standard InChI is InChI=1S/C30H29N7.C4H10/c31-28-25(7-4-16-33-28)29-35-27-15-14-26(21-5-2-1-3-6-21)34-30(27)37(29)22-10-8-20(9-11-22)19-36-23-12-13-24(36)18-32-17-23;1-3-4-2/h1-11,14-16,23-24,32H,12-13,17-19H2,(H2,31,33);3-4H2,1-2H3. The van der Waals surface area contributed by atoms with E-state index in [1.807, 2.05) is 42.5 Å². The summed E-state index contributed by atoms with van der Waals surface area (Å²) >= 11 is 0. The normalized spacial score (nSPS) is 18.3. The van der Waals surface area contributed by atoms with Crippen LogP contribution in [0.3, 0.4) is 0 Å². The lowest BCUT2D eigenvalue weighted by Crippen LogP contribution is -2.51. The fraction of sp³-hybridized carbons (Fsp3) is 0.324. The molecule has 7 nitrogen and oxygen atoms in total. The van der Waals surface area contributed by atoms with Gasteiger partial charge >= 0.3 is 0 Å². The molecule has 210 valence electrons. The first-order valence-electron chi connectivity index (χ1n) is 14.9. The molecular formula is C34H39N7. The number of piperazine rings is 1. The van der Waals surface area contributed by atoms with Gasteiger partial charge in [-0.05, 0) is 54.8 Å².